The first-order chi connectivity index (χ1) is 13.9. The molecule has 0 saturated heterocycles. The Labute approximate surface area is 167 Å². The molecule has 1 heterocycles. The van der Waals surface area contributed by atoms with Gasteiger partial charge in [-0.3, -0.25) is 14.4 Å². The van der Waals surface area contributed by atoms with Crippen molar-refractivity contribution in [1.29, 1.82) is 0 Å². The van der Waals surface area contributed by atoms with E-state index in [1.807, 2.05) is 13.0 Å². The van der Waals surface area contributed by atoms with Gasteiger partial charge in [-0.1, -0.05) is 18.2 Å². The number of carbonyl (C=O) groups is 2. The average Bonchev–Trinajstić information content (AvgIpc) is 2.70. The van der Waals surface area contributed by atoms with Crippen molar-refractivity contribution in [1.82, 2.24) is 4.57 Å². The lowest BCUT2D eigenvalue weighted by molar-refractivity contribution is -0.153. The number of amides is 1. The van der Waals surface area contributed by atoms with Gasteiger partial charge < -0.3 is 19.4 Å². The zero-order valence-corrected chi connectivity index (χ0v) is 16.5. The quantitative estimate of drug-likeness (QED) is 0.650. The number of aromatic nitrogens is 1. The monoisotopic (exact) mass is 394 g/mol. The van der Waals surface area contributed by atoms with Crippen LogP contribution in [-0.4, -0.2) is 29.7 Å². The molecule has 0 radical (unpaired) electrons. The second-order valence-electron chi connectivity index (χ2n) is 6.65. The predicted octanol–water partition coefficient (Wildman–Crippen LogP) is 2.89. The van der Waals surface area contributed by atoms with Gasteiger partial charge >= 0.3 is 5.97 Å². The molecule has 2 aromatic carbocycles. The van der Waals surface area contributed by atoms with Gasteiger partial charge in [-0.25, -0.2) is 0 Å². The molecule has 0 saturated carbocycles. The van der Waals surface area contributed by atoms with E-state index < -0.39 is 18.0 Å². The fraction of sp³-hybridized carbons (Fsp3) is 0.227. The SMILES string of the molecule is COc1ccc(C)cc1NC(=O)C(C)OC(=O)Cn1ccc(=O)c2ccccc21. The number of benzene rings is 2. The molecule has 1 unspecified atom stereocenters. The zero-order valence-electron chi connectivity index (χ0n) is 16.5. The van der Waals surface area contributed by atoms with Gasteiger partial charge in [0.05, 0.1) is 18.3 Å². The highest BCUT2D eigenvalue weighted by Gasteiger charge is 2.20. The third kappa shape index (κ3) is 4.63. The van der Waals surface area contributed by atoms with Crippen LogP contribution in [-0.2, 0) is 20.9 Å². The van der Waals surface area contributed by atoms with Gasteiger partial charge in [0.2, 0.25) is 0 Å². The van der Waals surface area contributed by atoms with Crippen molar-refractivity contribution in [3.8, 4) is 5.75 Å². The van der Waals surface area contributed by atoms with Crippen molar-refractivity contribution in [3.05, 3.63) is 70.5 Å². The van der Waals surface area contributed by atoms with Gasteiger partial charge in [-0.15, -0.1) is 0 Å². The maximum absolute atomic E-state index is 12.4. The molecule has 7 heteroatoms. The fourth-order valence-electron chi connectivity index (χ4n) is 2.98. The van der Waals surface area contributed by atoms with Crippen molar-refractivity contribution >= 4 is 28.5 Å². The van der Waals surface area contributed by atoms with Gasteiger partial charge in [0, 0.05) is 17.6 Å². The van der Waals surface area contributed by atoms with Crippen LogP contribution in [0.25, 0.3) is 10.9 Å². The van der Waals surface area contributed by atoms with E-state index in [0.717, 1.165) is 5.56 Å². The summed E-state index contributed by atoms with van der Waals surface area (Å²) in [7, 11) is 1.51. The van der Waals surface area contributed by atoms with E-state index in [2.05, 4.69) is 5.32 Å². The van der Waals surface area contributed by atoms with E-state index in [-0.39, 0.29) is 12.0 Å². The normalized spacial score (nSPS) is 11.7. The summed E-state index contributed by atoms with van der Waals surface area (Å²) in [5.41, 5.74) is 1.96. The van der Waals surface area contributed by atoms with Gasteiger partial charge in [-0.2, -0.15) is 0 Å². The molecule has 0 aliphatic heterocycles. The third-order valence-electron chi connectivity index (χ3n) is 4.47. The Kier molecular flexibility index (Phi) is 5.97. The molecular formula is C22H22N2O5. The smallest absolute Gasteiger partial charge is 0.326 e. The number of aryl methyl sites for hydroxylation is 1. The number of hydrogen-bond donors (Lipinski definition) is 1. The molecule has 0 spiro atoms. The molecular weight excluding hydrogens is 372 g/mol. The maximum Gasteiger partial charge on any atom is 0.326 e. The summed E-state index contributed by atoms with van der Waals surface area (Å²) in [6, 6.07) is 13.8. The van der Waals surface area contributed by atoms with Crippen LogP contribution >= 0.6 is 0 Å². The van der Waals surface area contributed by atoms with Crippen molar-refractivity contribution in [3.63, 3.8) is 0 Å². The van der Waals surface area contributed by atoms with Crippen LogP contribution in [0.1, 0.15) is 12.5 Å². The highest BCUT2D eigenvalue weighted by molar-refractivity contribution is 5.96. The van der Waals surface area contributed by atoms with Crippen molar-refractivity contribution in [2.75, 3.05) is 12.4 Å². The van der Waals surface area contributed by atoms with Crippen molar-refractivity contribution in [2.24, 2.45) is 0 Å². The Morgan fingerprint density at radius 3 is 2.66 bits per heavy atom. The number of ether oxygens (including phenoxy) is 2. The minimum atomic E-state index is -1.00. The molecule has 0 fully saturated rings. The molecule has 7 nitrogen and oxygen atoms in total. The van der Waals surface area contributed by atoms with E-state index in [1.165, 1.54) is 26.3 Å². The number of methoxy groups -OCH3 is 1. The summed E-state index contributed by atoms with van der Waals surface area (Å²) in [4.78, 5) is 36.7. The van der Waals surface area contributed by atoms with E-state index >= 15 is 0 Å². The second kappa shape index (κ2) is 8.60. The average molecular weight is 394 g/mol. The predicted molar refractivity (Wildman–Crippen MR) is 110 cm³/mol. The number of anilines is 1. The summed E-state index contributed by atoms with van der Waals surface area (Å²) in [6.07, 6.45) is 0.534. The zero-order chi connectivity index (χ0) is 21.0. The molecule has 1 aromatic heterocycles. The van der Waals surface area contributed by atoms with Gasteiger partial charge in [0.25, 0.3) is 5.91 Å². The largest absolute Gasteiger partial charge is 0.495 e. The number of nitrogens with one attached hydrogen (secondary N) is 1. The van der Waals surface area contributed by atoms with Crippen LogP contribution < -0.4 is 15.5 Å². The van der Waals surface area contributed by atoms with Gasteiger partial charge in [-0.05, 0) is 43.7 Å². The number of fused-ring (bicyclic) bond motifs is 1. The van der Waals surface area contributed by atoms with E-state index in [9.17, 15) is 14.4 Å². The third-order valence-corrected chi connectivity index (χ3v) is 4.47. The Balaban J connectivity index is 1.68. The van der Waals surface area contributed by atoms with E-state index in [0.29, 0.717) is 22.3 Å². The number of rotatable bonds is 6. The standard InChI is InChI=1S/C22H22N2O5/c1-14-8-9-20(28-3)17(12-14)23-22(27)15(2)29-21(26)13-24-11-10-19(25)16-6-4-5-7-18(16)24/h4-12,15H,13H2,1-3H3,(H,23,27). The topological polar surface area (TPSA) is 86.6 Å². The minimum absolute atomic E-state index is 0.119. The summed E-state index contributed by atoms with van der Waals surface area (Å²) in [5, 5.41) is 3.23. The van der Waals surface area contributed by atoms with Gasteiger partial charge in [0.1, 0.15) is 12.3 Å². The van der Waals surface area contributed by atoms with Crippen LogP contribution in [0.15, 0.2) is 59.5 Å². The van der Waals surface area contributed by atoms with Crippen LogP contribution in [0.3, 0.4) is 0 Å². The number of nitrogens with zero attached hydrogens (tertiary/aromatic N) is 1. The van der Waals surface area contributed by atoms with E-state index in [1.54, 1.807) is 41.0 Å². The Morgan fingerprint density at radius 1 is 1.14 bits per heavy atom. The number of pyridine rings is 1. The highest BCUT2D eigenvalue weighted by atomic mass is 16.5. The lowest BCUT2D eigenvalue weighted by atomic mass is 10.2. The molecule has 1 atom stereocenters. The first kappa shape index (κ1) is 20.1. The number of esters is 1. The summed E-state index contributed by atoms with van der Waals surface area (Å²) < 4.78 is 12.1. The van der Waals surface area contributed by atoms with Crippen LogP contribution in [0.2, 0.25) is 0 Å². The Bertz CT molecular complexity index is 1120. The molecule has 0 bridgehead atoms. The molecule has 29 heavy (non-hydrogen) atoms. The number of hydrogen-bond acceptors (Lipinski definition) is 5. The lowest BCUT2D eigenvalue weighted by Gasteiger charge is -2.16. The van der Waals surface area contributed by atoms with Crippen molar-refractivity contribution in [2.45, 2.75) is 26.5 Å². The molecule has 1 amide bonds. The molecule has 3 aromatic rings. The highest BCUT2D eigenvalue weighted by Crippen LogP contribution is 2.25. The Morgan fingerprint density at radius 2 is 1.90 bits per heavy atom. The lowest BCUT2D eigenvalue weighted by Crippen LogP contribution is -2.31. The molecule has 0 aliphatic carbocycles. The fourth-order valence-corrected chi connectivity index (χ4v) is 2.98. The summed E-state index contributed by atoms with van der Waals surface area (Å²) >= 11 is 0. The van der Waals surface area contributed by atoms with Crippen LogP contribution in [0.5, 0.6) is 5.75 Å². The number of carbonyl (C=O) groups excluding carboxylic acids is 2. The van der Waals surface area contributed by atoms with Crippen molar-refractivity contribution < 1.29 is 19.1 Å². The van der Waals surface area contributed by atoms with Crippen LogP contribution in [0, 0.1) is 6.92 Å². The summed E-state index contributed by atoms with van der Waals surface area (Å²) in [5.74, 6) is -0.535. The first-order valence-electron chi connectivity index (χ1n) is 9.12. The van der Waals surface area contributed by atoms with E-state index in [4.69, 9.17) is 9.47 Å². The molecule has 3 rings (SSSR count). The van der Waals surface area contributed by atoms with Crippen LogP contribution in [0.4, 0.5) is 5.69 Å². The van der Waals surface area contributed by atoms with Gasteiger partial charge in [0.15, 0.2) is 11.5 Å². The summed E-state index contributed by atoms with van der Waals surface area (Å²) in [6.45, 7) is 3.28. The number of para-hydroxylation sites is 1. The molecule has 1 N–H and O–H groups in total. The minimum Gasteiger partial charge on any atom is -0.495 e. The Hall–Kier alpha value is -3.61. The second-order valence-corrected chi connectivity index (χ2v) is 6.65. The molecule has 150 valence electrons. The maximum atomic E-state index is 12.4. The first-order valence-corrected chi connectivity index (χ1v) is 9.12. The molecule has 0 aliphatic rings.